The Kier molecular flexibility index (Phi) is 5.65. The molecule has 0 amide bonds. The van der Waals surface area contributed by atoms with Crippen LogP contribution in [-0.4, -0.2) is 12.2 Å². The molecule has 2 rings (SSSR count). The van der Waals surface area contributed by atoms with Crippen LogP contribution in [0.4, 0.5) is 0 Å². The highest BCUT2D eigenvalue weighted by atomic mass is 79.9. The summed E-state index contributed by atoms with van der Waals surface area (Å²) in [6.07, 6.45) is 0.295. The number of aliphatic hydroxyl groups is 1. The summed E-state index contributed by atoms with van der Waals surface area (Å²) < 4.78 is 12.0. The smallest absolute Gasteiger partial charge is 0.119 e. The van der Waals surface area contributed by atoms with Crippen molar-refractivity contribution in [2.45, 2.75) is 26.1 Å². The van der Waals surface area contributed by atoms with Gasteiger partial charge in [0.05, 0.1) is 13.2 Å². The van der Waals surface area contributed by atoms with Crippen LogP contribution in [0, 0.1) is 0 Å². The van der Waals surface area contributed by atoms with E-state index in [0.717, 1.165) is 27.1 Å². The average Bonchev–Trinajstić information content (AvgIpc) is 2.54. The number of aliphatic hydroxyl groups excluding tert-OH is 1. The van der Waals surface area contributed by atoms with Crippen molar-refractivity contribution in [2.24, 2.45) is 0 Å². The van der Waals surface area contributed by atoms with E-state index in [4.69, 9.17) is 9.47 Å². The Morgan fingerprint density at radius 2 is 1.76 bits per heavy atom. The standard InChI is InChI=1S/C17H19BrO3/c1-3-17(19)12-4-6-14(7-5-12)21-11-13-10-15(20-2)8-9-16(13)18/h4-10,17,19H,3,11H2,1-2H3. The molecule has 3 nitrogen and oxygen atoms in total. The first-order chi connectivity index (χ1) is 10.1. The van der Waals surface area contributed by atoms with Crippen molar-refractivity contribution in [3.63, 3.8) is 0 Å². The van der Waals surface area contributed by atoms with E-state index >= 15 is 0 Å². The minimum Gasteiger partial charge on any atom is -0.497 e. The fourth-order valence-corrected chi connectivity index (χ4v) is 2.33. The molecule has 0 aromatic heterocycles. The van der Waals surface area contributed by atoms with Crippen LogP contribution in [0.1, 0.15) is 30.6 Å². The molecule has 1 atom stereocenters. The van der Waals surface area contributed by atoms with E-state index in [2.05, 4.69) is 15.9 Å². The Balaban J connectivity index is 2.03. The van der Waals surface area contributed by atoms with Crippen molar-refractivity contribution >= 4 is 15.9 Å². The highest BCUT2D eigenvalue weighted by Crippen LogP contribution is 2.25. The summed E-state index contributed by atoms with van der Waals surface area (Å²) in [4.78, 5) is 0. The first-order valence-electron chi connectivity index (χ1n) is 6.87. The summed E-state index contributed by atoms with van der Waals surface area (Å²) in [6.45, 7) is 2.41. The second-order valence-electron chi connectivity index (χ2n) is 4.74. The molecule has 0 aliphatic heterocycles. The van der Waals surface area contributed by atoms with Crippen LogP contribution in [0.25, 0.3) is 0 Å². The minimum atomic E-state index is -0.411. The largest absolute Gasteiger partial charge is 0.497 e. The lowest BCUT2D eigenvalue weighted by Crippen LogP contribution is -1.98. The number of halogens is 1. The van der Waals surface area contributed by atoms with Crippen LogP contribution in [0.3, 0.4) is 0 Å². The monoisotopic (exact) mass is 350 g/mol. The van der Waals surface area contributed by atoms with Crippen molar-refractivity contribution in [3.8, 4) is 11.5 Å². The molecule has 2 aromatic rings. The molecule has 0 aliphatic carbocycles. The summed E-state index contributed by atoms with van der Waals surface area (Å²) in [5.41, 5.74) is 1.93. The van der Waals surface area contributed by atoms with Crippen molar-refractivity contribution in [2.75, 3.05) is 7.11 Å². The number of hydrogen-bond acceptors (Lipinski definition) is 3. The van der Waals surface area contributed by atoms with E-state index in [1.54, 1.807) is 7.11 Å². The van der Waals surface area contributed by atoms with Crippen LogP contribution in [0.2, 0.25) is 0 Å². The van der Waals surface area contributed by atoms with Gasteiger partial charge in [-0.3, -0.25) is 0 Å². The first kappa shape index (κ1) is 15.9. The van der Waals surface area contributed by atoms with Crippen molar-refractivity contribution in [1.82, 2.24) is 0 Å². The Hall–Kier alpha value is -1.52. The van der Waals surface area contributed by atoms with Crippen LogP contribution in [0.15, 0.2) is 46.9 Å². The molecule has 0 bridgehead atoms. The fraction of sp³-hybridized carbons (Fsp3) is 0.294. The molecule has 1 N–H and O–H groups in total. The lowest BCUT2D eigenvalue weighted by molar-refractivity contribution is 0.173. The van der Waals surface area contributed by atoms with Crippen LogP contribution >= 0.6 is 15.9 Å². The van der Waals surface area contributed by atoms with Gasteiger partial charge in [-0.05, 0) is 42.3 Å². The maximum atomic E-state index is 9.76. The Morgan fingerprint density at radius 1 is 1.10 bits per heavy atom. The summed E-state index contributed by atoms with van der Waals surface area (Å²) >= 11 is 3.50. The van der Waals surface area contributed by atoms with Gasteiger partial charge in [0, 0.05) is 10.0 Å². The van der Waals surface area contributed by atoms with E-state index in [1.807, 2.05) is 49.4 Å². The van der Waals surface area contributed by atoms with Crippen molar-refractivity contribution in [1.29, 1.82) is 0 Å². The topological polar surface area (TPSA) is 38.7 Å². The molecule has 4 heteroatoms. The number of benzene rings is 2. The van der Waals surface area contributed by atoms with E-state index in [0.29, 0.717) is 13.0 Å². The normalized spacial score (nSPS) is 12.0. The highest BCUT2D eigenvalue weighted by molar-refractivity contribution is 9.10. The summed E-state index contributed by atoms with van der Waals surface area (Å²) in [5.74, 6) is 1.58. The second kappa shape index (κ2) is 7.48. The van der Waals surface area contributed by atoms with E-state index in [-0.39, 0.29) is 0 Å². The summed E-state index contributed by atoms with van der Waals surface area (Å²) in [7, 11) is 1.64. The molecule has 0 aliphatic rings. The van der Waals surface area contributed by atoms with Gasteiger partial charge in [-0.25, -0.2) is 0 Å². The molecule has 1 unspecified atom stereocenters. The molecule has 112 valence electrons. The van der Waals surface area contributed by atoms with Gasteiger partial charge in [0.2, 0.25) is 0 Å². The molecule has 2 aromatic carbocycles. The average molecular weight is 351 g/mol. The molecule has 21 heavy (non-hydrogen) atoms. The highest BCUT2D eigenvalue weighted by Gasteiger charge is 2.06. The molecule has 0 saturated carbocycles. The van der Waals surface area contributed by atoms with E-state index in [1.165, 1.54) is 0 Å². The quantitative estimate of drug-likeness (QED) is 0.834. The SMILES string of the molecule is CCC(O)c1ccc(OCc2cc(OC)ccc2Br)cc1. The third-order valence-corrected chi connectivity index (χ3v) is 4.07. The summed E-state index contributed by atoms with van der Waals surface area (Å²) in [5, 5.41) is 9.76. The molecule has 0 fully saturated rings. The molecule has 0 radical (unpaired) electrons. The molecular weight excluding hydrogens is 332 g/mol. The minimum absolute atomic E-state index is 0.411. The van der Waals surface area contributed by atoms with Crippen molar-refractivity contribution in [3.05, 3.63) is 58.1 Å². The lowest BCUT2D eigenvalue weighted by atomic mass is 10.1. The first-order valence-corrected chi connectivity index (χ1v) is 7.66. The molecule has 0 spiro atoms. The van der Waals surface area contributed by atoms with E-state index < -0.39 is 6.10 Å². The zero-order chi connectivity index (χ0) is 15.2. The zero-order valence-corrected chi connectivity index (χ0v) is 13.8. The van der Waals surface area contributed by atoms with Gasteiger partial charge in [-0.15, -0.1) is 0 Å². The predicted octanol–water partition coefficient (Wildman–Crippen LogP) is 4.48. The van der Waals surface area contributed by atoms with E-state index in [9.17, 15) is 5.11 Å². The van der Waals surface area contributed by atoms with Crippen molar-refractivity contribution < 1.29 is 14.6 Å². The zero-order valence-electron chi connectivity index (χ0n) is 12.2. The Morgan fingerprint density at radius 3 is 2.38 bits per heavy atom. The fourth-order valence-electron chi connectivity index (χ4n) is 1.97. The number of rotatable bonds is 6. The maximum Gasteiger partial charge on any atom is 0.119 e. The molecule has 0 saturated heterocycles. The Labute approximate surface area is 133 Å². The van der Waals surface area contributed by atoms with Gasteiger partial charge in [-0.1, -0.05) is 35.0 Å². The van der Waals surface area contributed by atoms with Crippen LogP contribution in [-0.2, 0) is 6.61 Å². The second-order valence-corrected chi connectivity index (χ2v) is 5.59. The van der Waals surface area contributed by atoms with Gasteiger partial charge >= 0.3 is 0 Å². The third kappa shape index (κ3) is 4.22. The maximum absolute atomic E-state index is 9.76. The predicted molar refractivity (Wildman–Crippen MR) is 86.7 cm³/mol. The van der Waals surface area contributed by atoms with Crippen LogP contribution < -0.4 is 9.47 Å². The Bertz CT molecular complexity index is 581. The summed E-state index contributed by atoms with van der Waals surface area (Å²) in [6, 6.07) is 13.3. The number of hydrogen-bond donors (Lipinski definition) is 1. The molecular formula is C17H19BrO3. The van der Waals surface area contributed by atoms with Gasteiger partial charge in [-0.2, -0.15) is 0 Å². The molecule has 0 heterocycles. The van der Waals surface area contributed by atoms with Crippen LogP contribution in [0.5, 0.6) is 11.5 Å². The third-order valence-electron chi connectivity index (χ3n) is 3.30. The van der Waals surface area contributed by atoms with Gasteiger partial charge in [0.15, 0.2) is 0 Å². The van der Waals surface area contributed by atoms with Gasteiger partial charge in [0.1, 0.15) is 18.1 Å². The number of methoxy groups -OCH3 is 1. The van der Waals surface area contributed by atoms with Gasteiger partial charge in [0.25, 0.3) is 0 Å². The lowest BCUT2D eigenvalue weighted by Gasteiger charge is -2.11. The number of ether oxygens (including phenoxy) is 2. The van der Waals surface area contributed by atoms with Gasteiger partial charge < -0.3 is 14.6 Å².